The van der Waals surface area contributed by atoms with Crippen LogP contribution in [0, 0.1) is 3.57 Å². The molecule has 0 aromatic carbocycles. The first kappa shape index (κ1) is 9.91. The smallest absolute Gasteiger partial charge is 0.129 e. The Morgan fingerprint density at radius 2 is 2.11 bits per heavy atom. The molecular formula is C5H3AuClIN. The molecule has 0 unspecified atom stereocenters. The molecule has 1 radical (unpaired) electrons. The largest absolute Gasteiger partial charge is 0.243 e. The van der Waals surface area contributed by atoms with Crippen LogP contribution < -0.4 is 0 Å². The van der Waals surface area contributed by atoms with Crippen LogP contribution in [-0.4, -0.2) is 4.98 Å². The van der Waals surface area contributed by atoms with Crippen LogP contribution in [0.5, 0.6) is 0 Å². The molecule has 0 N–H and O–H groups in total. The number of hydrogen-bond donors (Lipinski definition) is 0. The van der Waals surface area contributed by atoms with Gasteiger partial charge < -0.3 is 0 Å². The topological polar surface area (TPSA) is 12.9 Å². The quantitative estimate of drug-likeness (QED) is 0.346. The molecule has 0 bridgehead atoms. The van der Waals surface area contributed by atoms with Crippen molar-refractivity contribution >= 4 is 34.2 Å². The number of pyridine rings is 1. The van der Waals surface area contributed by atoms with Crippen LogP contribution >= 0.6 is 34.2 Å². The second-order valence-corrected chi connectivity index (χ2v) is 2.93. The summed E-state index contributed by atoms with van der Waals surface area (Å²) < 4.78 is 1.10. The van der Waals surface area contributed by atoms with Gasteiger partial charge in [-0.2, -0.15) is 0 Å². The van der Waals surface area contributed by atoms with Crippen LogP contribution in [0.2, 0.25) is 5.15 Å². The Morgan fingerprint density at radius 3 is 2.44 bits per heavy atom. The van der Waals surface area contributed by atoms with Crippen molar-refractivity contribution in [3.8, 4) is 0 Å². The minimum atomic E-state index is 0. The van der Waals surface area contributed by atoms with Crippen molar-refractivity contribution in [2.75, 3.05) is 0 Å². The standard InChI is InChI=1S/C5H3ClIN.Au/c6-5-2-1-4(7)3-8-5;/h1-3H;. The maximum Gasteiger partial charge on any atom is 0.129 e. The Morgan fingerprint density at radius 1 is 1.44 bits per heavy atom. The molecule has 0 aliphatic heterocycles. The van der Waals surface area contributed by atoms with Gasteiger partial charge in [0.25, 0.3) is 0 Å². The van der Waals surface area contributed by atoms with Crippen LogP contribution in [0.1, 0.15) is 0 Å². The van der Waals surface area contributed by atoms with Gasteiger partial charge in [-0.15, -0.1) is 0 Å². The molecule has 0 saturated carbocycles. The summed E-state index contributed by atoms with van der Waals surface area (Å²) in [5.74, 6) is 0. The SMILES string of the molecule is Clc1ccc(I)cn1.[Au]. The molecular weight excluding hydrogens is 433 g/mol. The summed E-state index contributed by atoms with van der Waals surface area (Å²) in [5, 5.41) is 0.547. The van der Waals surface area contributed by atoms with Crippen molar-refractivity contribution in [1.29, 1.82) is 0 Å². The third-order valence-corrected chi connectivity index (χ3v) is 1.55. The molecule has 0 atom stereocenters. The molecule has 1 heterocycles. The van der Waals surface area contributed by atoms with Gasteiger partial charge in [-0.1, -0.05) is 11.6 Å². The van der Waals surface area contributed by atoms with E-state index < -0.39 is 0 Å². The molecule has 0 spiro atoms. The zero-order chi connectivity index (χ0) is 5.98. The van der Waals surface area contributed by atoms with E-state index in [9.17, 15) is 0 Å². The van der Waals surface area contributed by atoms with Crippen molar-refractivity contribution in [3.05, 3.63) is 27.1 Å². The predicted octanol–water partition coefficient (Wildman–Crippen LogP) is 2.34. The minimum absolute atomic E-state index is 0. The molecule has 1 aromatic rings. The van der Waals surface area contributed by atoms with E-state index in [1.807, 2.05) is 6.07 Å². The fourth-order valence-electron chi connectivity index (χ4n) is 0.358. The van der Waals surface area contributed by atoms with E-state index in [2.05, 4.69) is 27.6 Å². The summed E-state index contributed by atoms with van der Waals surface area (Å²) in [6.07, 6.45) is 1.73. The molecule has 53 valence electrons. The van der Waals surface area contributed by atoms with Crippen molar-refractivity contribution in [3.63, 3.8) is 0 Å². The van der Waals surface area contributed by atoms with Gasteiger partial charge in [0, 0.05) is 32.1 Å². The fourth-order valence-corrected chi connectivity index (χ4v) is 0.789. The first-order valence-corrected chi connectivity index (χ1v) is 3.52. The third kappa shape index (κ3) is 3.57. The average Bonchev–Trinajstić information content (AvgIpc) is 1.77. The summed E-state index contributed by atoms with van der Waals surface area (Å²) in [7, 11) is 0. The van der Waals surface area contributed by atoms with Gasteiger partial charge >= 0.3 is 0 Å². The number of nitrogens with zero attached hydrogens (tertiary/aromatic N) is 1. The summed E-state index contributed by atoms with van der Waals surface area (Å²) >= 11 is 7.67. The van der Waals surface area contributed by atoms with E-state index in [4.69, 9.17) is 11.6 Å². The second-order valence-electron chi connectivity index (χ2n) is 1.30. The van der Waals surface area contributed by atoms with Gasteiger partial charge in [-0.05, 0) is 34.7 Å². The second kappa shape index (κ2) is 4.68. The number of aromatic nitrogens is 1. The van der Waals surface area contributed by atoms with Crippen LogP contribution in [0.4, 0.5) is 0 Å². The Hall–Kier alpha value is 0.910. The molecule has 0 aliphatic rings. The van der Waals surface area contributed by atoms with Crippen molar-refractivity contribution < 1.29 is 22.4 Å². The Kier molecular flexibility index (Phi) is 5.16. The van der Waals surface area contributed by atoms with Gasteiger partial charge in [0.15, 0.2) is 0 Å². The molecule has 0 fully saturated rings. The molecule has 0 amide bonds. The van der Waals surface area contributed by atoms with Crippen LogP contribution in [0.15, 0.2) is 18.3 Å². The van der Waals surface area contributed by atoms with Gasteiger partial charge in [0.05, 0.1) is 0 Å². The normalized spacial score (nSPS) is 8.22. The third-order valence-electron chi connectivity index (χ3n) is 0.691. The van der Waals surface area contributed by atoms with Crippen LogP contribution in [0.3, 0.4) is 0 Å². The van der Waals surface area contributed by atoms with Gasteiger partial charge in [-0.3, -0.25) is 0 Å². The Bertz CT molecular complexity index is 156. The number of rotatable bonds is 0. The molecule has 1 nitrogen and oxygen atoms in total. The van der Waals surface area contributed by atoms with E-state index in [0.29, 0.717) is 5.15 Å². The van der Waals surface area contributed by atoms with Gasteiger partial charge in [-0.25, -0.2) is 4.98 Å². The Balaban J connectivity index is 0.000000640. The first-order valence-electron chi connectivity index (χ1n) is 2.06. The van der Waals surface area contributed by atoms with E-state index >= 15 is 0 Å². The monoisotopic (exact) mass is 436 g/mol. The van der Waals surface area contributed by atoms with E-state index in [-0.39, 0.29) is 22.4 Å². The molecule has 9 heavy (non-hydrogen) atoms. The molecule has 1 rings (SSSR count). The molecule has 1 aromatic heterocycles. The maximum atomic E-state index is 5.50. The van der Waals surface area contributed by atoms with Crippen molar-refractivity contribution in [2.24, 2.45) is 0 Å². The van der Waals surface area contributed by atoms with Gasteiger partial charge in [0.2, 0.25) is 0 Å². The molecule has 4 heteroatoms. The van der Waals surface area contributed by atoms with Crippen LogP contribution in [-0.2, 0) is 22.4 Å². The van der Waals surface area contributed by atoms with E-state index in [1.165, 1.54) is 0 Å². The molecule has 0 saturated heterocycles. The van der Waals surface area contributed by atoms with E-state index in [0.717, 1.165) is 3.57 Å². The summed E-state index contributed by atoms with van der Waals surface area (Å²) in [5.41, 5.74) is 0. The molecule has 0 aliphatic carbocycles. The zero-order valence-corrected chi connectivity index (χ0v) is 9.32. The number of hydrogen-bond acceptors (Lipinski definition) is 1. The Labute approximate surface area is 87.8 Å². The van der Waals surface area contributed by atoms with Crippen LogP contribution in [0.25, 0.3) is 0 Å². The summed E-state index contributed by atoms with van der Waals surface area (Å²) in [6, 6.07) is 3.68. The van der Waals surface area contributed by atoms with Gasteiger partial charge in [0.1, 0.15) is 5.15 Å². The first-order chi connectivity index (χ1) is 3.79. The zero-order valence-electron chi connectivity index (χ0n) is 4.24. The van der Waals surface area contributed by atoms with Crippen molar-refractivity contribution in [1.82, 2.24) is 4.98 Å². The van der Waals surface area contributed by atoms with Crippen molar-refractivity contribution in [2.45, 2.75) is 0 Å². The number of halogens is 2. The maximum absolute atomic E-state index is 5.50. The minimum Gasteiger partial charge on any atom is -0.243 e. The average molecular weight is 436 g/mol. The predicted molar refractivity (Wildman–Crippen MR) is 42.0 cm³/mol. The van der Waals surface area contributed by atoms with E-state index in [1.54, 1.807) is 12.3 Å². The summed E-state index contributed by atoms with van der Waals surface area (Å²) in [6.45, 7) is 0. The fraction of sp³-hybridized carbons (Fsp3) is 0. The summed E-state index contributed by atoms with van der Waals surface area (Å²) in [4.78, 5) is 3.84.